The third-order valence-electron chi connectivity index (χ3n) is 4.58. The van der Waals surface area contributed by atoms with E-state index in [9.17, 15) is 4.79 Å². The van der Waals surface area contributed by atoms with Gasteiger partial charge in [0.15, 0.2) is 0 Å². The van der Waals surface area contributed by atoms with Crippen molar-refractivity contribution in [1.82, 2.24) is 0 Å². The summed E-state index contributed by atoms with van der Waals surface area (Å²) in [6, 6.07) is 21.0. The third kappa shape index (κ3) is 4.96. The van der Waals surface area contributed by atoms with Gasteiger partial charge in [0, 0.05) is 6.08 Å². The van der Waals surface area contributed by atoms with Crippen molar-refractivity contribution in [1.29, 1.82) is 0 Å². The summed E-state index contributed by atoms with van der Waals surface area (Å²) >= 11 is 0. The second-order valence-electron chi connectivity index (χ2n) is 7.69. The molecule has 0 aliphatic carbocycles. The normalized spacial score (nSPS) is 12.7. The Hall–Kier alpha value is -2.17. The molecule has 0 aliphatic rings. The van der Waals surface area contributed by atoms with Crippen molar-refractivity contribution in [3.05, 3.63) is 72.3 Å². The molecular weight excluding hydrogens is 352 g/mol. The largest absolute Gasteiger partial charge is 0.463 e. The van der Waals surface area contributed by atoms with Gasteiger partial charge in [-0.3, -0.25) is 0 Å². The van der Waals surface area contributed by atoms with Crippen molar-refractivity contribution < 1.29 is 14.0 Å². The first kappa shape index (κ1) is 21.1. The summed E-state index contributed by atoms with van der Waals surface area (Å²) in [6.07, 6.45) is 1.53. The molecule has 2 rings (SSSR count). The van der Waals surface area contributed by atoms with Crippen LogP contribution < -0.4 is 10.4 Å². The summed E-state index contributed by atoms with van der Waals surface area (Å²) in [5, 5.41) is 2.38. The van der Waals surface area contributed by atoms with E-state index in [2.05, 4.69) is 69.3 Å². The summed E-state index contributed by atoms with van der Waals surface area (Å²) in [5.41, 5.74) is 0.862. The zero-order valence-corrected chi connectivity index (χ0v) is 18.0. The van der Waals surface area contributed by atoms with Crippen LogP contribution in [-0.4, -0.2) is 27.5 Å². The molecule has 0 saturated heterocycles. The predicted octanol–water partition coefficient (Wildman–Crippen LogP) is 4.07. The van der Waals surface area contributed by atoms with Crippen LogP contribution in [0.1, 0.15) is 34.6 Å². The molecule has 0 aromatic heterocycles. The molecule has 0 fully saturated rings. The van der Waals surface area contributed by atoms with E-state index in [1.807, 2.05) is 19.1 Å². The smallest absolute Gasteiger partial charge is 0.330 e. The molecule has 0 radical (unpaired) electrons. The van der Waals surface area contributed by atoms with E-state index in [1.54, 1.807) is 6.92 Å². The van der Waals surface area contributed by atoms with Crippen LogP contribution in [-0.2, 0) is 14.0 Å². The maximum absolute atomic E-state index is 11.8. The molecule has 0 heterocycles. The number of ether oxygens (including phenoxy) is 1. The van der Waals surface area contributed by atoms with Crippen molar-refractivity contribution in [3.8, 4) is 0 Å². The fourth-order valence-corrected chi connectivity index (χ4v) is 8.01. The highest BCUT2D eigenvalue weighted by molar-refractivity contribution is 6.99. The highest BCUT2D eigenvalue weighted by atomic mass is 28.4. The number of rotatable bonds is 7. The topological polar surface area (TPSA) is 35.5 Å². The molecule has 0 aliphatic heterocycles. The van der Waals surface area contributed by atoms with Gasteiger partial charge in [-0.05, 0) is 34.8 Å². The van der Waals surface area contributed by atoms with Crippen molar-refractivity contribution in [2.45, 2.75) is 39.7 Å². The lowest BCUT2D eigenvalue weighted by molar-refractivity contribution is -0.137. The fraction of sp³-hybridized carbons (Fsp3) is 0.348. The standard InChI is InChI=1S/C23H30O3Si/c1-6-25-22(24)17-19(2)18-26-27(23(3,4)5,20-13-9-7-10-14-20)21-15-11-8-12-16-21/h7-17H,6,18H2,1-5H3/b19-17+. The first-order valence-electron chi connectivity index (χ1n) is 9.40. The molecule has 0 spiro atoms. The molecule has 0 bridgehead atoms. The summed E-state index contributed by atoms with van der Waals surface area (Å²) in [5.74, 6) is -0.318. The van der Waals surface area contributed by atoms with Gasteiger partial charge in [-0.1, -0.05) is 81.4 Å². The average Bonchev–Trinajstić information content (AvgIpc) is 2.63. The van der Waals surface area contributed by atoms with E-state index in [0.717, 1.165) is 5.57 Å². The van der Waals surface area contributed by atoms with Gasteiger partial charge in [-0.15, -0.1) is 0 Å². The zero-order valence-electron chi connectivity index (χ0n) is 17.0. The van der Waals surface area contributed by atoms with E-state index < -0.39 is 8.32 Å². The zero-order chi connectivity index (χ0) is 19.9. The highest BCUT2D eigenvalue weighted by Gasteiger charge is 2.50. The Morgan fingerprint density at radius 3 is 1.85 bits per heavy atom. The lowest BCUT2D eigenvalue weighted by Gasteiger charge is -2.43. The molecule has 3 nitrogen and oxygen atoms in total. The summed E-state index contributed by atoms with van der Waals surface area (Å²) < 4.78 is 11.8. The van der Waals surface area contributed by atoms with Gasteiger partial charge in [0.25, 0.3) is 8.32 Å². The van der Waals surface area contributed by atoms with Gasteiger partial charge in [-0.2, -0.15) is 0 Å². The molecule has 0 amide bonds. The quantitative estimate of drug-likeness (QED) is 0.411. The van der Waals surface area contributed by atoms with Gasteiger partial charge in [0.1, 0.15) is 0 Å². The van der Waals surface area contributed by atoms with E-state index >= 15 is 0 Å². The number of hydrogen-bond donors (Lipinski definition) is 0. The lowest BCUT2D eigenvalue weighted by atomic mass is 10.2. The SMILES string of the molecule is CCOC(=O)/C=C(\C)CO[Si](c1ccccc1)(c1ccccc1)C(C)(C)C. The van der Waals surface area contributed by atoms with Crippen LogP contribution in [0.5, 0.6) is 0 Å². The molecule has 0 atom stereocenters. The van der Waals surface area contributed by atoms with Crippen molar-refractivity contribution >= 4 is 24.7 Å². The molecule has 27 heavy (non-hydrogen) atoms. The average molecular weight is 383 g/mol. The van der Waals surface area contributed by atoms with E-state index in [-0.39, 0.29) is 11.0 Å². The molecule has 2 aromatic carbocycles. The summed E-state index contributed by atoms with van der Waals surface area (Å²) in [6.45, 7) is 11.2. The van der Waals surface area contributed by atoms with Crippen molar-refractivity contribution in [2.75, 3.05) is 13.2 Å². The van der Waals surface area contributed by atoms with Crippen LogP contribution in [0, 0.1) is 0 Å². The Bertz CT molecular complexity index is 722. The predicted molar refractivity (Wildman–Crippen MR) is 114 cm³/mol. The van der Waals surface area contributed by atoms with Crippen LogP contribution >= 0.6 is 0 Å². The van der Waals surface area contributed by atoms with Gasteiger partial charge in [0.05, 0.1) is 13.2 Å². The Labute approximate surface area is 164 Å². The van der Waals surface area contributed by atoms with E-state index in [0.29, 0.717) is 13.2 Å². The highest BCUT2D eigenvalue weighted by Crippen LogP contribution is 2.36. The number of carbonyl (C=O) groups excluding carboxylic acids is 1. The number of benzene rings is 2. The van der Waals surface area contributed by atoms with E-state index in [1.165, 1.54) is 16.4 Å². The maximum Gasteiger partial charge on any atom is 0.330 e. The maximum atomic E-state index is 11.8. The second-order valence-corrected chi connectivity index (χ2v) is 12.0. The Balaban J connectivity index is 2.48. The van der Waals surface area contributed by atoms with Crippen LogP contribution in [0.2, 0.25) is 5.04 Å². The number of hydrogen-bond acceptors (Lipinski definition) is 3. The van der Waals surface area contributed by atoms with Gasteiger partial charge >= 0.3 is 5.97 Å². The molecule has 4 heteroatoms. The third-order valence-corrected chi connectivity index (χ3v) is 9.57. The summed E-state index contributed by atoms with van der Waals surface area (Å²) in [4.78, 5) is 11.8. The first-order valence-corrected chi connectivity index (χ1v) is 11.3. The van der Waals surface area contributed by atoms with Crippen LogP contribution in [0.3, 0.4) is 0 Å². The number of carbonyl (C=O) groups is 1. The van der Waals surface area contributed by atoms with Crippen LogP contribution in [0.25, 0.3) is 0 Å². The molecule has 144 valence electrons. The minimum atomic E-state index is -2.57. The Kier molecular flexibility index (Phi) is 7.16. The van der Waals surface area contributed by atoms with Gasteiger partial charge in [0.2, 0.25) is 0 Å². The molecule has 2 aromatic rings. The second kappa shape index (κ2) is 9.15. The van der Waals surface area contributed by atoms with Gasteiger partial charge < -0.3 is 9.16 Å². The van der Waals surface area contributed by atoms with Crippen molar-refractivity contribution in [3.63, 3.8) is 0 Å². The van der Waals surface area contributed by atoms with Crippen molar-refractivity contribution in [2.24, 2.45) is 0 Å². The van der Waals surface area contributed by atoms with Crippen LogP contribution in [0.4, 0.5) is 0 Å². The van der Waals surface area contributed by atoms with E-state index in [4.69, 9.17) is 9.16 Å². The van der Waals surface area contributed by atoms with Gasteiger partial charge in [-0.25, -0.2) is 4.79 Å². The lowest BCUT2D eigenvalue weighted by Crippen LogP contribution is -2.66. The fourth-order valence-electron chi connectivity index (χ4n) is 3.41. The number of esters is 1. The minimum Gasteiger partial charge on any atom is -0.463 e. The minimum absolute atomic E-state index is 0.0834. The molecule has 0 unspecified atom stereocenters. The Morgan fingerprint density at radius 1 is 0.963 bits per heavy atom. The molecular formula is C23H30O3Si. The molecule has 0 N–H and O–H groups in total. The Morgan fingerprint density at radius 2 is 1.44 bits per heavy atom. The summed E-state index contributed by atoms with van der Waals surface area (Å²) in [7, 11) is -2.57. The monoisotopic (exact) mass is 382 g/mol. The molecule has 0 saturated carbocycles. The van der Waals surface area contributed by atoms with Crippen LogP contribution in [0.15, 0.2) is 72.3 Å². The first-order chi connectivity index (χ1) is 12.8.